The maximum absolute atomic E-state index is 12.9. The lowest BCUT2D eigenvalue weighted by Gasteiger charge is -2.23. The van der Waals surface area contributed by atoms with Crippen molar-refractivity contribution in [2.45, 2.75) is 33.1 Å². The van der Waals surface area contributed by atoms with E-state index in [1.54, 1.807) is 13.0 Å². The fourth-order valence-corrected chi connectivity index (χ4v) is 4.91. The first-order valence-electron chi connectivity index (χ1n) is 8.86. The summed E-state index contributed by atoms with van der Waals surface area (Å²) in [6.45, 7) is 5.99. The maximum Gasteiger partial charge on any atom is 0.341 e. The van der Waals surface area contributed by atoms with E-state index in [4.69, 9.17) is 4.74 Å². The molecule has 1 amide bonds. The minimum absolute atomic E-state index is 0.0586. The van der Waals surface area contributed by atoms with Crippen LogP contribution in [-0.2, 0) is 14.3 Å². The molecule has 1 fully saturated rings. The third kappa shape index (κ3) is 3.28. The molecule has 0 radical (unpaired) electrons. The number of aliphatic carboxylic acids is 1. The first-order valence-corrected chi connectivity index (χ1v) is 9.68. The number of anilines is 1. The molecule has 3 rings (SSSR count). The van der Waals surface area contributed by atoms with Gasteiger partial charge >= 0.3 is 11.9 Å². The first-order chi connectivity index (χ1) is 12.3. The average molecular weight is 377 g/mol. The minimum Gasteiger partial charge on any atom is -0.481 e. The zero-order valence-corrected chi connectivity index (χ0v) is 15.8. The zero-order chi connectivity index (χ0) is 19.0. The standard InChI is InChI=1S/C19H23NO5S/c1-4-25-19(24)12-8-13(9(2)3)26-17(12)20-16(21)14-10-5-6-11(7-10)15(14)18(22)23/h5-6,8-11,14-15H,4,7H2,1-3H3,(H,20,21)(H,22,23)/t10-,11-,14-,15+/m0/s1. The largest absolute Gasteiger partial charge is 0.481 e. The molecule has 1 aromatic rings. The second-order valence-corrected chi connectivity index (χ2v) is 8.18. The van der Waals surface area contributed by atoms with Crippen molar-refractivity contribution in [1.29, 1.82) is 0 Å². The van der Waals surface area contributed by atoms with Gasteiger partial charge in [-0.25, -0.2) is 4.79 Å². The molecule has 0 aromatic carbocycles. The van der Waals surface area contributed by atoms with E-state index >= 15 is 0 Å². The summed E-state index contributed by atoms with van der Waals surface area (Å²) in [5, 5.41) is 12.8. The second kappa shape index (κ2) is 7.23. The van der Waals surface area contributed by atoms with Gasteiger partial charge in [0.2, 0.25) is 5.91 Å². The quantitative estimate of drug-likeness (QED) is 0.585. The number of hydrogen-bond donors (Lipinski definition) is 2. The molecule has 26 heavy (non-hydrogen) atoms. The molecule has 2 N–H and O–H groups in total. The van der Waals surface area contributed by atoms with Gasteiger partial charge in [0, 0.05) is 4.88 Å². The van der Waals surface area contributed by atoms with Crippen molar-refractivity contribution < 1.29 is 24.2 Å². The molecule has 2 aliphatic carbocycles. The lowest BCUT2D eigenvalue weighted by Crippen LogP contribution is -2.36. The fraction of sp³-hybridized carbons (Fsp3) is 0.526. The van der Waals surface area contributed by atoms with Crippen molar-refractivity contribution in [1.82, 2.24) is 0 Å². The van der Waals surface area contributed by atoms with E-state index < -0.39 is 23.8 Å². The Balaban J connectivity index is 1.86. The Morgan fingerprint density at radius 3 is 2.50 bits per heavy atom. The number of fused-ring (bicyclic) bond motifs is 2. The monoisotopic (exact) mass is 377 g/mol. The van der Waals surface area contributed by atoms with Crippen LogP contribution in [0.5, 0.6) is 0 Å². The molecule has 2 aliphatic rings. The van der Waals surface area contributed by atoms with Crippen LogP contribution >= 0.6 is 11.3 Å². The third-order valence-electron chi connectivity index (χ3n) is 5.10. The van der Waals surface area contributed by atoms with Gasteiger partial charge in [-0.1, -0.05) is 26.0 Å². The topological polar surface area (TPSA) is 92.7 Å². The molecule has 0 aliphatic heterocycles. The van der Waals surface area contributed by atoms with Crippen molar-refractivity contribution in [3.8, 4) is 0 Å². The Labute approximate surface area is 156 Å². The molecule has 6 nitrogen and oxygen atoms in total. The molecular weight excluding hydrogens is 354 g/mol. The van der Waals surface area contributed by atoms with E-state index in [2.05, 4.69) is 5.32 Å². The summed E-state index contributed by atoms with van der Waals surface area (Å²) in [7, 11) is 0. The van der Waals surface area contributed by atoms with Crippen LogP contribution in [0.1, 0.15) is 48.3 Å². The van der Waals surface area contributed by atoms with Gasteiger partial charge in [0.25, 0.3) is 0 Å². The predicted octanol–water partition coefficient (Wildman–Crippen LogP) is 3.51. The van der Waals surface area contributed by atoms with Crippen molar-refractivity contribution in [2.24, 2.45) is 23.7 Å². The molecule has 2 bridgehead atoms. The van der Waals surface area contributed by atoms with Crippen molar-refractivity contribution in [3.05, 3.63) is 28.7 Å². The predicted molar refractivity (Wildman–Crippen MR) is 98.3 cm³/mol. The van der Waals surface area contributed by atoms with Gasteiger partial charge < -0.3 is 15.2 Å². The number of allylic oxidation sites excluding steroid dienone is 2. The number of carbonyl (C=O) groups excluding carboxylic acids is 2. The highest BCUT2D eigenvalue weighted by Gasteiger charge is 2.51. The molecule has 0 unspecified atom stereocenters. The molecule has 1 saturated carbocycles. The highest BCUT2D eigenvalue weighted by molar-refractivity contribution is 7.16. The Kier molecular flexibility index (Phi) is 5.18. The van der Waals surface area contributed by atoms with Crippen LogP contribution in [0, 0.1) is 23.7 Å². The molecule has 1 heterocycles. The maximum atomic E-state index is 12.9. The lowest BCUT2D eigenvalue weighted by molar-refractivity contribution is -0.146. The van der Waals surface area contributed by atoms with Crippen LogP contribution in [0.3, 0.4) is 0 Å². The van der Waals surface area contributed by atoms with Gasteiger partial charge in [-0.3, -0.25) is 9.59 Å². The molecule has 0 spiro atoms. The highest BCUT2D eigenvalue weighted by Crippen LogP contribution is 2.48. The molecule has 140 valence electrons. The highest BCUT2D eigenvalue weighted by atomic mass is 32.1. The van der Waals surface area contributed by atoms with E-state index in [9.17, 15) is 19.5 Å². The summed E-state index contributed by atoms with van der Waals surface area (Å²) >= 11 is 1.34. The average Bonchev–Trinajstić information content (AvgIpc) is 3.28. The Morgan fingerprint density at radius 2 is 1.92 bits per heavy atom. The number of carbonyl (C=O) groups is 3. The molecular formula is C19H23NO5S. The van der Waals surface area contributed by atoms with Crippen LogP contribution in [-0.4, -0.2) is 29.6 Å². The summed E-state index contributed by atoms with van der Waals surface area (Å²) in [4.78, 5) is 37.7. The van der Waals surface area contributed by atoms with Gasteiger partial charge in [0.15, 0.2) is 0 Å². The summed E-state index contributed by atoms with van der Waals surface area (Å²) in [6.07, 6.45) is 4.54. The first kappa shape index (κ1) is 18.6. The van der Waals surface area contributed by atoms with Crippen molar-refractivity contribution >= 4 is 34.2 Å². The van der Waals surface area contributed by atoms with Crippen molar-refractivity contribution in [3.63, 3.8) is 0 Å². The number of esters is 1. The summed E-state index contributed by atoms with van der Waals surface area (Å²) in [5.41, 5.74) is 0.333. The molecule has 4 atom stereocenters. The van der Waals surface area contributed by atoms with E-state index in [0.29, 0.717) is 17.0 Å². The van der Waals surface area contributed by atoms with Gasteiger partial charge in [-0.2, -0.15) is 0 Å². The third-order valence-corrected chi connectivity index (χ3v) is 6.45. The van der Waals surface area contributed by atoms with E-state index in [-0.39, 0.29) is 30.3 Å². The van der Waals surface area contributed by atoms with Gasteiger partial charge in [-0.15, -0.1) is 11.3 Å². The van der Waals surface area contributed by atoms with Gasteiger partial charge in [0.05, 0.1) is 24.0 Å². The van der Waals surface area contributed by atoms with Crippen LogP contribution in [0.15, 0.2) is 18.2 Å². The molecule has 0 saturated heterocycles. The number of carboxylic acids is 1. The zero-order valence-electron chi connectivity index (χ0n) is 15.0. The summed E-state index contributed by atoms with van der Waals surface area (Å²) < 4.78 is 5.09. The number of thiophene rings is 1. The van der Waals surface area contributed by atoms with Crippen LogP contribution in [0.25, 0.3) is 0 Å². The van der Waals surface area contributed by atoms with E-state index in [1.165, 1.54) is 11.3 Å². The number of rotatable bonds is 6. The second-order valence-electron chi connectivity index (χ2n) is 7.09. The van der Waals surface area contributed by atoms with Gasteiger partial charge in [0.1, 0.15) is 5.00 Å². The minimum atomic E-state index is -0.943. The van der Waals surface area contributed by atoms with Crippen LogP contribution < -0.4 is 5.32 Å². The Morgan fingerprint density at radius 1 is 1.27 bits per heavy atom. The molecule has 1 aromatic heterocycles. The SMILES string of the molecule is CCOC(=O)c1cc(C(C)C)sc1NC(=O)[C@@H]1[C@H](C(=O)O)[C@H]2C=C[C@H]1C2. The van der Waals surface area contributed by atoms with Crippen LogP contribution in [0.4, 0.5) is 5.00 Å². The number of nitrogens with one attached hydrogen (secondary N) is 1. The Hall–Kier alpha value is -2.15. The van der Waals surface area contributed by atoms with Crippen LogP contribution in [0.2, 0.25) is 0 Å². The number of ether oxygens (including phenoxy) is 1. The Bertz CT molecular complexity index is 766. The number of carboxylic acid groups (broad SMARTS) is 1. The van der Waals surface area contributed by atoms with E-state index in [0.717, 1.165) is 4.88 Å². The van der Waals surface area contributed by atoms with Crippen molar-refractivity contribution in [2.75, 3.05) is 11.9 Å². The summed E-state index contributed by atoms with van der Waals surface area (Å²) in [6, 6.07) is 1.75. The normalized spacial score (nSPS) is 26.3. The number of amides is 1. The number of hydrogen-bond acceptors (Lipinski definition) is 5. The lowest BCUT2D eigenvalue weighted by atomic mass is 9.82. The smallest absolute Gasteiger partial charge is 0.341 e. The molecule has 7 heteroatoms. The van der Waals surface area contributed by atoms with E-state index in [1.807, 2.05) is 26.0 Å². The summed E-state index contributed by atoms with van der Waals surface area (Å²) in [5.74, 6) is -3.02. The van der Waals surface area contributed by atoms with Gasteiger partial charge in [-0.05, 0) is 37.2 Å². The fourth-order valence-electron chi connectivity index (χ4n) is 3.86.